The van der Waals surface area contributed by atoms with Crippen LogP contribution in [0, 0.1) is 5.82 Å². The van der Waals surface area contributed by atoms with E-state index in [-0.39, 0.29) is 11.4 Å². The van der Waals surface area contributed by atoms with E-state index in [1.807, 2.05) is 0 Å². The molecule has 3 rings (SSSR count). The van der Waals surface area contributed by atoms with Crippen LogP contribution in [-0.4, -0.2) is 16.1 Å². The number of benzene rings is 2. The maximum absolute atomic E-state index is 13.2. The number of carbonyl (C=O) groups is 1. The molecule has 0 fully saturated rings. The number of carboxylic acid groups (broad SMARTS) is 1. The Morgan fingerprint density at radius 3 is 2.71 bits per heavy atom. The number of carboxylic acids is 1. The summed E-state index contributed by atoms with van der Waals surface area (Å²) in [6, 6.07) is 10.9. The Kier molecular flexibility index (Phi) is 3.27. The molecular weight excluding hydrogens is 289 g/mol. The Bertz CT molecular complexity index is 870. The first-order valence-electron chi connectivity index (χ1n) is 6.14. The van der Waals surface area contributed by atoms with Crippen LogP contribution >= 0.6 is 11.3 Å². The molecule has 3 aromatic rings. The fourth-order valence-electron chi connectivity index (χ4n) is 1.99. The van der Waals surface area contributed by atoms with Crippen molar-refractivity contribution in [1.82, 2.24) is 4.98 Å². The number of fused-ring (bicyclic) bond motifs is 1. The third-order valence-corrected chi connectivity index (χ3v) is 4.16. The molecule has 0 amide bonds. The van der Waals surface area contributed by atoms with Gasteiger partial charge in [0.25, 0.3) is 0 Å². The van der Waals surface area contributed by atoms with Crippen molar-refractivity contribution in [3.8, 4) is 0 Å². The van der Waals surface area contributed by atoms with Gasteiger partial charge in [-0.2, -0.15) is 0 Å². The van der Waals surface area contributed by atoms with Gasteiger partial charge in [-0.1, -0.05) is 18.7 Å². The van der Waals surface area contributed by atoms with Crippen LogP contribution in [0.25, 0.3) is 15.8 Å². The Labute approximate surface area is 124 Å². The van der Waals surface area contributed by atoms with Gasteiger partial charge in [0, 0.05) is 11.6 Å². The summed E-state index contributed by atoms with van der Waals surface area (Å²) in [5.41, 5.74) is 2.08. The van der Waals surface area contributed by atoms with Gasteiger partial charge >= 0.3 is 5.97 Å². The zero-order valence-corrected chi connectivity index (χ0v) is 11.7. The Morgan fingerprint density at radius 2 is 1.95 bits per heavy atom. The summed E-state index contributed by atoms with van der Waals surface area (Å²) in [7, 11) is 0. The number of nitrogens with zero attached hydrogens (tertiary/aromatic N) is 1. The van der Waals surface area contributed by atoms with Gasteiger partial charge in [0.15, 0.2) is 0 Å². The summed E-state index contributed by atoms with van der Waals surface area (Å²) in [4.78, 5) is 15.4. The normalized spacial score (nSPS) is 10.7. The third-order valence-electron chi connectivity index (χ3n) is 3.07. The lowest BCUT2D eigenvalue weighted by molar-refractivity contribution is 0.0697. The van der Waals surface area contributed by atoms with E-state index < -0.39 is 5.97 Å². The maximum Gasteiger partial charge on any atom is 0.335 e. The lowest BCUT2D eigenvalue weighted by Crippen LogP contribution is -1.97. The zero-order chi connectivity index (χ0) is 15.0. The Hall–Kier alpha value is -2.53. The van der Waals surface area contributed by atoms with Crippen LogP contribution < -0.4 is 0 Å². The lowest BCUT2D eigenvalue weighted by Gasteiger charge is -2.03. The van der Waals surface area contributed by atoms with Gasteiger partial charge in [0.05, 0.1) is 15.8 Å². The number of halogens is 1. The molecule has 1 N–H and O–H groups in total. The quantitative estimate of drug-likeness (QED) is 0.788. The van der Waals surface area contributed by atoms with Crippen molar-refractivity contribution in [2.45, 2.75) is 0 Å². The predicted octanol–water partition coefficient (Wildman–Crippen LogP) is 4.20. The molecule has 0 aliphatic rings. The molecule has 104 valence electrons. The van der Waals surface area contributed by atoms with Crippen molar-refractivity contribution >= 4 is 33.1 Å². The molecule has 3 nitrogen and oxygen atoms in total. The van der Waals surface area contributed by atoms with E-state index in [4.69, 9.17) is 5.11 Å². The smallest absolute Gasteiger partial charge is 0.335 e. The van der Waals surface area contributed by atoms with Crippen molar-refractivity contribution in [1.29, 1.82) is 0 Å². The number of aromatic carboxylic acids is 1. The average Bonchev–Trinajstić information content (AvgIpc) is 2.89. The highest BCUT2D eigenvalue weighted by molar-refractivity contribution is 7.19. The van der Waals surface area contributed by atoms with Crippen molar-refractivity contribution < 1.29 is 14.3 Å². The molecule has 0 bridgehead atoms. The molecular formula is C16H10FNO2S. The number of aromatic nitrogens is 1. The van der Waals surface area contributed by atoms with E-state index in [1.165, 1.54) is 29.5 Å². The summed E-state index contributed by atoms with van der Waals surface area (Å²) >= 11 is 1.40. The van der Waals surface area contributed by atoms with Crippen LogP contribution in [0.5, 0.6) is 0 Å². The molecule has 5 heteroatoms. The standard InChI is InChI=1S/C16H10FNO2S/c1-9(10-3-2-4-11(7-10)16(19)20)15-18-13-8-12(17)5-6-14(13)21-15/h2-8H,1H2,(H,19,20). The van der Waals surface area contributed by atoms with Crippen LogP contribution in [0.1, 0.15) is 20.9 Å². The van der Waals surface area contributed by atoms with E-state index in [1.54, 1.807) is 24.3 Å². The van der Waals surface area contributed by atoms with Crippen molar-refractivity contribution in [2.24, 2.45) is 0 Å². The molecule has 1 aromatic heterocycles. The third kappa shape index (κ3) is 2.55. The molecule has 0 atom stereocenters. The molecule has 0 aliphatic carbocycles. The zero-order valence-electron chi connectivity index (χ0n) is 10.8. The largest absolute Gasteiger partial charge is 0.478 e. The summed E-state index contributed by atoms with van der Waals surface area (Å²) in [6.45, 7) is 3.97. The molecule has 1 heterocycles. The van der Waals surface area contributed by atoms with E-state index in [0.717, 1.165) is 4.70 Å². The minimum absolute atomic E-state index is 0.195. The second-order valence-corrected chi connectivity index (χ2v) is 5.53. The van der Waals surface area contributed by atoms with Gasteiger partial charge in [-0.15, -0.1) is 11.3 Å². The molecule has 0 spiro atoms. The first kappa shape index (κ1) is 13.5. The summed E-state index contributed by atoms with van der Waals surface area (Å²) in [5.74, 6) is -1.33. The molecule has 0 saturated carbocycles. The molecule has 0 radical (unpaired) electrons. The number of thiazole rings is 1. The van der Waals surface area contributed by atoms with E-state index in [0.29, 0.717) is 21.7 Å². The fraction of sp³-hybridized carbons (Fsp3) is 0. The summed E-state index contributed by atoms with van der Waals surface area (Å²) < 4.78 is 14.1. The second-order valence-electron chi connectivity index (χ2n) is 4.50. The fourth-order valence-corrected chi connectivity index (χ4v) is 2.93. The van der Waals surface area contributed by atoms with Crippen LogP contribution in [0.2, 0.25) is 0 Å². The molecule has 0 aliphatic heterocycles. The highest BCUT2D eigenvalue weighted by atomic mass is 32.1. The summed E-state index contributed by atoms with van der Waals surface area (Å²) in [5, 5.41) is 9.67. The highest BCUT2D eigenvalue weighted by Crippen LogP contribution is 2.30. The van der Waals surface area contributed by atoms with Gasteiger partial charge < -0.3 is 5.11 Å². The first-order valence-corrected chi connectivity index (χ1v) is 6.95. The maximum atomic E-state index is 13.2. The SMILES string of the molecule is C=C(c1cccc(C(=O)O)c1)c1nc2cc(F)ccc2s1. The minimum Gasteiger partial charge on any atom is -0.478 e. The second kappa shape index (κ2) is 5.10. The van der Waals surface area contributed by atoms with Gasteiger partial charge in [-0.3, -0.25) is 0 Å². The molecule has 2 aromatic carbocycles. The van der Waals surface area contributed by atoms with Crippen LogP contribution in [-0.2, 0) is 0 Å². The molecule has 21 heavy (non-hydrogen) atoms. The van der Waals surface area contributed by atoms with Crippen LogP contribution in [0.15, 0.2) is 49.0 Å². The lowest BCUT2D eigenvalue weighted by atomic mass is 10.1. The van der Waals surface area contributed by atoms with E-state index in [2.05, 4.69) is 11.6 Å². The monoisotopic (exact) mass is 299 g/mol. The number of rotatable bonds is 3. The van der Waals surface area contributed by atoms with Crippen molar-refractivity contribution in [3.05, 3.63) is 71.0 Å². The van der Waals surface area contributed by atoms with Gasteiger partial charge in [0.1, 0.15) is 10.8 Å². The van der Waals surface area contributed by atoms with Gasteiger partial charge in [-0.25, -0.2) is 14.2 Å². The molecule has 0 unspecified atom stereocenters. The topological polar surface area (TPSA) is 50.2 Å². The van der Waals surface area contributed by atoms with Gasteiger partial charge in [0.2, 0.25) is 0 Å². The van der Waals surface area contributed by atoms with Crippen molar-refractivity contribution in [3.63, 3.8) is 0 Å². The first-order chi connectivity index (χ1) is 10.0. The Morgan fingerprint density at radius 1 is 1.19 bits per heavy atom. The number of hydrogen-bond acceptors (Lipinski definition) is 3. The minimum atomic E-state index is -0.990. The highest BCUT2D eigenvalue weighted by Gasteiger charge is 2.11. The van der Waals surface area contributed by atoms with Crippen molar-refractivity contribution in [2.75, 3.05) is 0 Å². The van der Waals surface area contributed by atoms with E-state index in [9.17, 15) is 9.18 Å². The van der Waals surface area contributed by atoms with Crippen LogP contribution in [0.4, 0.5) is 4.39 Å². The summed E-state index contributed by atoms with van der Waals surface area (Å²) in [6.07, 6.45) is 0. The Balaban J connectivity index is 2.03. The predicted molar refractivity (Wildman–Crippen MR) is 81.1 cm³/mol. The van der Waals surface area contributed by atoms with E-state index >= 15 is 0 Å². The van der Waals surface area contributed by atoms with Crippen LogP contribution in [0.3, 0.4) is 0 Å². The molecule has 0 saturated heterocycles. The average molecular weight is 299 g/mol. The number of hydrogen-bond donors (Lipinski definition) is 1. The van der Waals surface area contributed by atoms with Gasteiger partial charge in [-0.05, 0) is 29.8 Å².